The number of benzene rings is 2. The Hall–Kier alpha value is -2.38. The van der Waals surface area contributed by atoms with Gasteiger partial charge in [0.25, 0.3) is 0 Å². The number of fused-ring (bicyclic) bond motifs is 1. The minimum atomic E-state index is -3.57. The fraction of sp³-hybridized carbons (Fsp3) is 0.480. The zero-order valence-corrected chi connectivity index (χ0v) is 19.6. The lowest BCUT2D eigenvalue weighted by molar-refractivity contribution is -0.124. The first-order valence-corrected chi connectivity index (χ1v) is 13.1. The van der Waals surface area contributed by atoms with E-state index in [1.165, 1.54) is 5.56 Å². The summed E-state index contributed by atoms with van der Waals surface area (Å²) < 4.78 is 28.5. The molecule has 2 fully saturated rings. The fourth-order valence-electron chi connectivity index (χ4n) is 5.12. The molecule has 7 heteroatoms. The number of carbonyl (C=O) groups excluding carboxylic acids is 1. The van der Waals surface area contributed by atoms with Crippen LogP contribution in [0.25, 0.3) is 0 Å². The van der Waals surface area contributed by atoms with Crippen LogP contribution in [0.1, 0.15) is 37.3 Å². The number of aryl methyl sites for hydroxylation is 1. The second kappa shape index (κ2) is 8.19. The topological polar surface area (TPSA) is 60.9 Å². The maximum absolute atomic E-state index is 13.4. The molecule has 1 atom stereocenters. The predicted octanol–water partition coefficient (Wildman–Crippen LogP) is 3.58. The van der Waals surface area contributed by atoms with Gasteiger partial charge in [0.05, 0.1) is 4.90 Å². The monoisotopic (exact) mass is 453 g/mol. The lowest BCUT2D eigenvalue weighted by atomic mass is 9.84. The molecule has 1 amide bonds. The smallest absolute Gasteiger partial charge is 0.243 e. The number of carbonyl (C=O) groups is 1. The number of rotatable bonds is 4. The van der Waals surface area contributed by atoms with Crippen LogP contribution in [-0.2, 0) is 21.2 Å². The molecule has 0 unspecified atom stereocenters. The highest BCUT2D eigenvalue weighted by molar-refractivity contribution is 7.89. The molecule has 170 valence electrons. The van der Waals surface area contributed by atoms with Crippen molar-refractivity contribution in [1.82, 2.24) is 4.31 Å². The van der Waals surface area contributed by atoms with E-state index < -0.39 is 10.0 Å². The van der Waals surface area contributed by atoms with Crippen LogP contribution in [0.4, 0.5) is 11.4 Å². The zero-order valence-electron chi connectivity index (χ0n) is 18.8. The molecule has 0 aromatic heterocycles. The van der Waals surface area contributed by atoms with Gasteiger partial charge in [-0.2, -0.15) is 4.31 Å². The Morgan fingerprint density at radius 3 is 2.53 bits per heavy atom. The Balaban J connectivity index is 1.33. The van der Waals surface area contributed by atoms with Gasteiger partial charge in [-0.3, -0.25) is 4.79 Å². The predicted molar refractivity (Wildman–Crippen MR) is 127 cm³/mol. The van der Waals surface area contributed by atoms with Crippen molar-refractivity contribution in [2.24, 2.45) is 5.92 Å². The van der Waals surface area contributed by atoms with Crippen LogP contribution in [-0.4, -0.2) is 50.9 Å². The van der Waals surface area contributed by atoms with Crippen LogP contribution in [0, 0.1) is 12.8 Å². The first-order chi connectivity index (χ1) is 15.3. The average molecular weight is 454 g/mol. The molecule has 0 radical (unpaired) electrons. The van der Waals surface area contributed by atoms with Gasteiger partial charge in [-0.15, -0.1) is 0 Å². The Morgan fingerprint density at radius 1 is 1.03 bits per heavy atom. The summed E-state index contributed by atoms with van der Waals surface area (Å²) in [6.07, 6.45) is 3.80. The van der Waals surface area contributed by atoms with E-state index in [0.29, 0.717) is 37.5 Å². The van der Waals surface area contributed by atoms with Gasteiger partial charge in [0.2, 0.25) is 15.9 Å². The van der Waals surface area contributed by atoms with Gasteiger partial charge < -0.3 is 9.80 Å². The third-order valence-corrected chi connectivity index (χ3v) is 9.09. The first-order valence-electron chi connectivity index (χ1n) is 11.6. The second-order valence-corrected chi connectivity index (χ2v) is 11.3. The van der Waals surface area contributed by atoms with E-state index in [-0.39, 0.29) is 17.9 Å². The number of nitrogens with zero attached hydrogens (tertiary/aromatic N) is 3. The highest BCUT2D eigenvalue weighted by Crippen LogP contribution is 2.36. The lowest BCUT2D eigenvalue weighted by Crippen LogP contribution is -2.53. The summed E-state index contributed by atoms with van der Waals surface area (Å²) in [6.45, 7) is 6.39. The normalized spacial score (nSPS) is 22.0. The van der Waals surface area contributed by atoms with E-state index in [1.807, 2.05) is 17.0 Å². The Labute approximate surface area is 190 Å². The Morgan fingerprint density at radius 2 is 1.84 bits per heavy atom. The van der Waals surface area contributed by atoms with Crippen molar-refractivity contribution in [2.45, 2.75) is 50.5 Å². The number of hydrogen-bond donors (Lipinski definition) is 0. The van der Waals surface area contributed by atoms with Crippen molar-refractivity contribution in [2.75, 3.05) is 36.0 Å². The van der Waals surface area contributed by atoms with Crippen LogP contribution in [0.3, 0.4) is 0 Å². The molecule has 1 saturated heterocycles. The van der Waals surface area contributed by atoms with Gasteiger partial charge >= 0.3 is 0 Å². The zero-order chi connectivity index (χ0) is 22.5. The summed E-state index contributed by atoms with van der Waals surface area (Å²) in [6, 6.07) is 13.7. The maximum atomic E-state index is 13.4. The van der Waals surface area contributed by atoms with Gasteiger partial charge in [0.1, 0.15) is 0 Å². The maximum Gasteiger partial charge on any atom is 0.243 e. The summed E-state index contributed by atoms with van der Waals surface area (Å²) in [5.74, 6) is 0.349. The summed E-state index contributed by atoms with van der Waals surface area (Å²) in [5.41, 5.74) is 4.19. The minimum Gasteiger partial charge on any atom is -0.366 e. The molecule has 3 aliphatic rings. The highest BCUT2D eigenvalue weighted by Gasteiger charge is 2.36. The summed E-state index contributed by atoms with van der Waals surface area (Å²) in [4.78, 5) is 17.2. The van der Waals surface area contributed by atoms with Crippen molar-refractivity contribution in [3.05, 3.63) is 53.6 Å². The number of sulfonamides is 1. The van der Waals surface area contributed by atoms with Gasteiger partial charge in [-0.25, -0.2) is 8.42 Å². The summed E-state index contributed by atoms with van der Waals surface area (Å²) in [7, 11) is -3.57. The number of amides is 1. The SMILES string of the molecule is Cc1cccc(N2CCN(S(=O)(=O)c3ccc4c(c3)CCN4C(=O)C3CCC3)C[C@H]2C)c1. The van der Waals surface area contributed by atoms with Crippen LogP contribution in [0.5, 0.6) is 0 Å². The third-order valence-electron chi connectivity index (χ3n) is 7.23. The van der Waals surface area contributed by atoms with E-state index in [9.17, 15) is 13.2 Å². The summed E-state index contributed by atoms with van der Waals surface area (Å²) in [5, 5.41) is 0. The quantitative estimate of drug-likeness (QED) is 0.710. The molecule has 32 heavy (non-hydrogen) atoms. The molecule has 2 aromatic rings. The Bertz CT molecular complexity index is 1140. The van der Waals surface area contributed by atoms with Crippen LogP contribution in [0.2, 0.25) is 0 Å². The van der Waals surface area contributed by atoms with E-state index >= 15 is 0 Å². The number of anilines is 2. The van der Waals surface area contributed by atoms with E-state index in [1.54, 1.807) is 16.4 Å². The van der Waals surface area contributed by atoms with Crippen molar-refractivity contribution in [3.8, 4) is 0 Å². The number of hydrogen-bond acceptors (Lipinski definition) is 4. The van der Waals surface area contributed by atoms with Crippen LogP contribution in [0.15, 0.2) is 47.4 Å². The second-order valence-electron chi connectivity index (χ2n) is 9.40. The minimum absolute atomic E-state index is 0.0883. The summed E-state index contributed by atoms with van der Waals surface area (Å²) >= 11 is 0. The molecule has 1 saturated carbocycles. The van der Waals surface area contributed by atoms with E-state index in [0.717, 1.165) is 36.2 Å². The third kappa shape index (κ3) is 3.71. The lowest BCUT2D eigenvalue weighted by Gasteiger charge is -2.40. The van der Waals surface area contributed by atoms with Crippen molar-refractivity contribution in [3.63, 3.8) is 0 Å². The number of piperazine rings is 1. The molecule has 2 aliphatic heterocycles. The molecule has 0 bridgehead atoms. The first kappa shape index (κ1) is 21.5. The Kier molecular flexibility index (Phi) is 5.50. The molecular weight excluding hydrogens is 422 g/mol. The highest BCUT2D eigenvalue weighted by atomic mass is 32.2. The molecular formula is C25H31N3O3S. The standard InChI is InChI=1S/C25H31N3O3S/c1-18-5-3-8-22(15-18)27-14-13-26(17-19(27)2)32(30,31)23-9-10-24-21(16-23)11-12-28(24)25(29)20-6-4-7-20/h3,5,8-10,15-16,19-20H,4,6-7,11-14,17H2,1-2H3/t19-/m1/s1. The van der Waals surface area contributed by atoms with Gasteiger partial charge in [-0.05, 0) is 74.6 Å². The van der Waals surface area contributed by atoms with Gasteiger partial charge in [0.15, 0.2) is 0 Å². The molecule has 0 N–H and O–H groups in total. The van der Waals surface area contributed by atoms with Gasteiger partial charge in [0, 0.05) is 49.5 Å². The molecule has 6 nitrogen and oxygen atoms in total. The molecule has 1 aliphatic carbocycles. The molecule has 5 rings (SSSR count). The largest absolute Gasteiger partial charge is 0.366 e. The van der Waals surface area contributed by atoms with Gasteiger partial charge in [-0.1, -0.05) is 18.6 Å². The molecule has 2 heterocycles. The van der Waals surface area contributed by atoms with Crippen molar-refractivity contribution in [1.29, 1.82) is 0 Å². The van der Waals surface area contributed by atoms with Crippen molar-refractivity contribution < 1.29 is 13.2 Å². The van der Waals surface area contributed by atoms with Crippen LogP contribution >= 0.6 is 0 Å². The van der Waals surface area contributed by atoms with Crippen molar-refractivity contribution >= 4 is 27.3 Å². The van der Waals surface area contributed by atoms with E-state index in [2.05, 4.69) is 36.9 Å². The average Bonchev–Trinajstić information content (AvgIpc) is 3.15. The molecule has 2 aromatic carbocycles. The fourth-order valence-corrected chi connectivity index (χ4v) is 6.69. The van der Waals surface area contributed by atoms with Crippen LogP contribution < -0.4 is 9.80 Å². The van der Waals surface area contributed by atoms with E-state index in [4.69, 9.17) is 0 Å². The molecule has 0 spiro atoms.